The number of benzene rings is 1. The van der Waals surface area contributed by atoms with E-state index in [1.54, 1.807) is 18.5 Å². The predicted molar refractivity (Wildman–Crippen MR) is 89.4 cm³/mol. The van der Waals surface area contributed by atoms with Crippen molar-refractivity contribution in [3.8, 4) is 5.75 Å². The molecule has 3 rings (SSSR count). The molecule has 23 heavy (non-hydrogen) atoms. The molecule has 0 aliphatic heterocycles. The van der Waals surface area contributed by atoms with Gasteiger partial charge in [-0.1, -0.05) is 6.07 Å². The van der Waals surface area contributed by atoms with Crippen LogP contribution in [0.3, 0.4) is 0 Å². The summed E-state index contributed by atoms with van der Waals surface area (Å²) in [6, 6.07) is 9.27. The van der Waals surface area contributed by atoms with E-state index in [9.17, 15) is 4.79 Å². The maximum atomic E-state index is 11.7. The van der Waals surface area contributed by atoms with Gasteiger partial charge < -0.3 is 15.8 Å². The molecule has 5 nitrogen and oxygen atoms in total. The lowest BCUT2D eigenvalue weighted by molar-refractivity contribution is 0.100. The highest BCUT2D eigenvalue weighted by molar-refractivity contribution is 5.99. The highest BCUT2D eigenvalue weighted by atomic mass is 16.5. The molecule has 5 heteroatoms. The molecule has 0 saturated heterocycles. The third-order valence-electron chi connectivity index (χ3n) is 4.11. The van der Waals surface area contributed by atoms with Crippen molar-refractivity contribution < 1.29 is 9.53 Å². The molecule has 2 aromatic rings. The zero-order chi connectivity index (χ0) is 16.1. The van der Waals surface area contributed by atoms with Gasteiger partial charge in [0.05, 0.1) is 17.4 Å². The highest BCUT2D eigenvalue weighted by Crippen LogP contribution is 2.32. The molecule has 1 saturated carbocycles. The van der Waals surface area contributed by atoms with Crippen molar-refractivity contribution in [1.29, 1.82) is 0 Å². The number of anilines is 1. The van der Waals surface area contributed by atoms with E-state index in [1.807, 2.05) is 24.3 Å². The molecule has 1 aromatic heterocycles. The van der Waals surface area contributed by atoms with Crippen LogP contribution in [0.4, 0.5) is 5.69 Å². The summed E-state index contributed by atoms with van der Waals surface area (Å²) in [7, 11) is 0. The largest absolute Gasteiger partial charge is 0.488 e. The topological polar surface area (TPSA) is 77.2 Å². The van der Waals surface area contributed by atoms with Gasteiger partial charge in [-0.05, 0) is 55.5 Å². The third kappa shape index (κ3) is 3.80. The van der Waals surface area contributed by atoms with E-state index in [1.165, 1.54) is 12.8 Å². The Kier molecular flexibility index (Phi) is 4.76. The molecular weight excluding hydrogens is 290 g/mol. The Morgan fingerprint density at radius 2 is 1.96 bits per heavy atom. The Hall–Kier alpha value is -2.56. The van der Waals surface area contributed by atoms with Crippen LogP contribution in [-0.2, 0) is 6.54 Å². The van der Waals surface area contributed by atoms with Crippen molar-refractivity contribution in [2.75, 3.05) is 5.32 Å². The smallest absolute Gasteiger partial charge is 0.250 e. The average molecular weight is 311 g/mol. The van der Waals surface area contributed by atoms with E-state index in [4.69, 9.17) is 10.5 Å². The molecule has 1 fully saturated rings. The molecule has 0 bridgehead atoms. The van der Waals surface area contributed by atoms with Crippen LogP contribution in [0.5, 0.6) is 5.75 Å². The summed E-state index contributed by atoms with van der Waals surface area (Å²) in [4.78, 5) is 15.7. The van der Waals surface area contributed by atoms with E-state index in [0.29, 0.717) is 23.5 Å². The van der Waals surface area contributed by atoms with Crippen LogP contribution in [0.15, 0.2) is 42.7 Å². The fourth-order valence-corrected chi connectivity index (χ4v) is 2.89. The number of hydrogen-bond acceptors (Lipinski definition) is 4. The first-order valence-electron chi connectivity index (χ1n) is 7.96. The molecule has 1 heterocycles. The molecule has 0 spiro atoms. The molecule has 0 unspecified atom stereocenters. The second-order valence-electron chi connectivity index (χ2n) is 5.78. The number of rotatable bonds is 6. The molecule has 0 atom stereocenters. The van der Waals surface area contributed by atoms with Gasteiger partial charge in [0, 0.05) is 18.9 Å². The first kappa shape index (κ1) is 15.3. The van der Waals surface area contributed by atoms with Gasteiger partial charge in [0.15, 0.2) is 0 Å². The summed E-state index contributed by atoms with van der Waals surface area (Å²) in [5.74, 6) is 0.237. The van der Waals surface area contributed by atoms with Crippen molar-refractivity contribution >= 4 is 11.6 Å². The number of primary amides is 1. The van der Waals surface area contributed by atoms with Crippen molar-refractivity contribution in [2.45, 2.75) is 38.3 Å². The average Bonchev–Trinajstić information content (AvgIpc) is 3.07. The maximum absolute atomic E-state index is 11.7. The van der Waals surface area contributed by atoms with E-state index in [-0.39, 0.29) is 6.10 Å². The number of hydrogen-bond donors (Lipinski definition) is 2. The number of amides is 1. The van der Waals surface area contributed by atoms with Crippen LogP contribution in [-0.4, -0.2) is 17.0 Å². The number of para-hydroxylation sites is 1. The molecule has 1 aromatic carbocycles. The Balaban J connectivity index is 1.83. The summed E-state index contributed by atoms with van der Waals surface area (Å²) >= 11 is 0. The van der Waals surface area contributed by atoms with Crippen molar-refractivity contribution in [2.24, 2.45) is 5.73 Å². The fraction of sp³-hybridized carbons (Fsp3) is 0.333. The SMILES string of the molecule is NC(=O)c1cccc(OC2CCCC2)c1NCc1ccncc1. The van der Waals surface area contributed by atoms with Gasteiger partial charge in [0.25, 0.3) is 5.91 Å². The lowest BCUT2D eigenvalue weighted by atomic mass is 10.1. The van der Waals surface area contributed by atoms with E-state index < -0.39 is 5.91 Å². The minimum absolute atomic E-state index is 0.222. The minimum Gasteiger partial charge on any atom is -0.488 e. The Bertz CT molecular complexity index is 667. The predicted octanol–water partition coefficient (Wildman–Crippen LogP) is 3.11. The molecule has 3 N–H and O–H groups in total. The van der Waals surface area contributed by atoms with E-state index in [2.05, 4.69) is 10.3 Å². The maximum Gasteiger partial charge on any atom is 0.250 e. The highest BCUT2D eigenvalue weighted by Gasteiger charge is 2.20. The standard InChI is InChI=1S/C18H21N3O2/c19-18(22)15-6-3-7-16(23-14-4-1-2-5-14)17(15)21-12-13-8-10-20-11-9-13/h3,6-11,14,21H,1-2,4-5,12H2,(H2,19,22). The third-order valence-corrected chi connectivity index (χ3v) is 4.11. The number of carbonyl (C=O) groups excluding carboxylic acids is 1. The van der Waals surface area contributed by atoms with Gasteiger partial charge >= 0.3 is 0 Å². The van der Waals surface area contributed by atoms with Crippen molar-refractivity contribution in [1.82, 2.24) is 4.98 Å². The second-order valence-corrected chi connectivity index (χ2v) is 5.78. The normalized spacial score (nSPS) is 14.6. The number of aromatic nitrogens is 1. The number of pyridine rings is 1. The summed E-state index contributed by atoms with van der Waals surface area (Å²) in [6.45, 7) is 0.577. The van der Waals surface area contributed by atoms with Crippen LogP contribution in [0.1, 0.15) is 41.6 Å². The van der Waals surface area contributed by atoms with Crippen LogP contribution in [0.2, 0.25) is 0 Å². The number of nitrogens with two attached hydrogens (primary N) is 1. The molecule has 1 aliphatic rings. The number of nitrogens with one attached hydrogen (secondary N) is 1. The number of ether oxygens (including phenoxy) is 1. The van der Waals surface area contributed by atoms with Gasteiger partial charge in [0.2, 0.25) is 0 Å². The van der Waals surface area contributed by atoms with Crippen LogP contribution in [0.25, 0.3) is 0 Å². The molecule has 120 valence electrons. The van der Waals surface area contributed by atoms with Crippen molar-refractivity contribution in [3.63, 3.8) is 0 Å². The Morgan fingerprint density at radius 3 is 2.65 bits per heavy atom. The summed E-state index contributed by atoms with van der Waals surface area (Å²) in [5, 5.41) is 3.30. The van der Waals surface area contributed by atoms with Gasteiger partial charge in [-0.25, -0.2) is 0 Å². The molecule has 1 aliphatic carbocycles. The summed E-state index contributed by atoms with van der Waals surface area (Å²) < 4.78 is 6.10. The quantitative estimate of drug-likeness (QED) is 0.859. The molecule has 1 amide bonds. The summed E-state index contributed by atoms with van der Waals surface area (Å²) in [5.41, 5.74) is 7.71. The van der Waals surface area contributed by atoms with Crippen LogP contribution in [0, 0.1) is 0 Å². The second kappa shape index (κ2) is 7.13. The number of nitrogens with zero attached hydrogens (tertiary/aromatic N) is 1. The molecule has 0 radical (unpaired) electrons. The first-order valence-corrected chi connectivity index (χ1v) is 7.96. The summed E-state index contributed by atoms with van der Waals surface area (Å²) in [6.07, 6.45) is 8.22. The van der Waals surface area contributed by atoms with Gasteiger partial charge in [0.1, 0.15) is 5.75 Å². The Labute approximate surface area is 135 Å². The lowest BCUT2D eigenvalue weighted by Crippen LogP contribution is -2.17. The van der Waals surface area contributed by atoms with Crippen LogP contribution >= 0.6 is 0 Å². The van der Waals surface area contributed by atoms with Gasteiger partial charge in [-0.15, -0.1) is 0 Å². The molecular formula is C18H21N3O2. The van der Waals surface area contributed by atoms with Gasteiger partial charge in [-0.2, -0.15) is 0 Å². The van der Waals surface area contributed by atoms with E-state index >= 15 is 0 Å². The van der Waals surface area contributed by atoms with Gasteiger partial charge in [-0.3, -0.25) is 9.78 Å². The van der Waals surface area contributed by atoms with Crippen LogP contribution < -0.4 is 15.8 Å². The number of carbonyl (C=O) groups is 1. The Morgan fingerprint density at radius 1 is 1.22 bits per heavy atom. The minimum atomic E-state index is -0.459. The zero-order valence-corrected chi connectivity index (χ0v) is 13.0. The zero-order valence-electron chi connectivity index (χ0n) is 13.0. The van der Waals surface area contributed by atoms with Crippen molar-refractivity contribution in [3.05, 3.63) is 53.9 Å². The lowest BCUT2D eigenvalue weighted by Gasteiger charge is -2.19. The fourth-order valence-electron chi connectivity index (χ4n) is 2.89. The first-order chi connectivity index (χ1) is 11.2. The monoisotopic (exact) mass is 311 g/mol. The van der Waals surface area contributed by atoms with E-state index in [0.717, 1.165) is 18.4 Å².